The molecule has 0 saturated carbocycles. The lowest BCUT2D eigenvalue weighted by Crippen LogP contribution is -2.29. The fraction of sp³-hybridized carbons (Fsp3) is 0.0833. The Labute approximate surface area is 161 Å². The highest BCUT2D eigenvalue weighted by Crippen LogP contribution is 2.45. The maximum atomic E-state index is 13.5. The molecule has 1 aliphatic heterocycles. The van der Waals surface area contributed by atoms with E-state index in [4.69, 9.17) is 4.74 Å². The Hall–Kier alpha value is -3.66. The van der Waals surface area contributed by atoms with Crippen LogP contribution in [0.4, 0.5) is 0 Å². The minimum atomic E-state index is -0.782. The fourth-order valence-corrected chi connectivity index (χ4v) is 4.21. The normalized spacial score (nSPS) is 14.5. The van der Waals surface area contributed by atoms with Gasteiger partial charge in [0.25, 0.3) is 5.56 Å². The van der Waals surface area contributed by atoms with Gasteiger partial charge in [-0.2, -0.15) is 0 Å². The summed E-state index contributed by atoms with van der Waals surface area (Å²) >= 11 is 0. The van der Waals surface area contributed by atoms with Gasteiger partial charge in [-0.1, -0.05) is 72.8 Å². The highest BCUT2D eigenvalue weighted by atomic mass is 16.5. The van der Waals surface area contributed by atoms with Crippen molar-refractivity contribution in [1.82, 2.24) is 4.57 Å². The lowest BCUT2D eigenvalue weighted by Gasteiger charge is -2.18. The third-order valence-electron chi connectivity index (χ3n) is 5.38. The zero-order valence-electron chi connectivity index (χ0n) is 15.3. The van der Waals surface area contributed by atoms with Crippen LogP contribution in [0.5, 0.6) is 0 Å². The van der Waals surface area contributed by atoms with Crippen molar-refractivity contribution in [3.63, 3.8) is 0 Å². The lowest BCUT2D eigenvalue weighted by atomic mass is 9.94. The average Bonchev–Trinajstić information content (AvgIpc) is 3.10. The van der Waals surface area contributed by atoms with Crippen molar-refractivity contribution in [1.29, 1.82) is 0 Å². The third-order valence-corrected chi connectivity index (χ3v) is 5.38. The Morgan fingerprint density at radius 2 is 1.50 bits per heavy atom. The molecule has 0 amide bonds. The number of hydrogen-bond acceptors (Lipinski definition) is 3. The van der Waals surface area contributed by atoms with Crippen LogP contribution >= 0.6 is 0 Å². The van der Waals surface area contributed by atoms with E-state index in [9.17, 15) is 9.59 Å². The maximum absolute atomic E-state index is 13.5. The Morgan fingerprint density at radius 3 is 2.25 bits per heavy atom. The summed E-state index contributed by atoms with van der Waals surface area (Å²) < 4.78 is 6.66. The summed E-state index contributed by atoms with van der Waals surface area (Å²) in [5.74, 6) is -0.442. The van der Waals surface area contributed by atoms with Gasteiger partial charge in [0.15, 0.2) is 6.04 Å². The second-order valence-electron chi connectivity index (χ2n) is 6.82. The first-order valence-corrected chi connectivity index (χ1v) is 9.12. The van der Waals surface area contributed by atoms with E-state index < -0.39 is 12.0 Å². The van der Waals surface area contributed by atoms with Crippen molar-refractivity contribution >= 4 is 16.7 Å². The highest BCUT2D eigenvalue weighted by Gasteiger charge is 2.37. The third kappa shape index (κ3) is 2.18. The SMILES string of the molecule is COC(=O)[C@@H]1c2ccccc2-c2c(-c3ccccc3)c3ccccc3c(=O)n21. The number of fused-ring (bicyclic) bond motifs is 4. The van der Waals surface area contributed by atoms with Gasteiger partial charge in [-0.15, -0.1) is 0 Å². The zero-order chi connectivity index (χ0) is 19.3. The van der Waals surface area contributed by atoms with Crippen molar-refractivity contribution in [2.24, 2.45) is 0 Å². The molecule has 1 aliphatic rings. The molecule has 5 rings (SSSR count). The van der Waals surface area contributed by atoms with Gasteiger partial charge in [0, 0.05) is 16.5 Å². The van der Waals surface area contributed by atoms with E-state index in [0.29, 0.717) is 5.39 Å². The molecule has 0 radical (unpaired) electrons. The first kappa shape index (κ1) is 16.5. The van der Waals surface area contributed by atoms with Gasteiger partial charge in [0.2, 0.25) is 0 Å². The first-order valence-electron chi connectivity index (χ1n) is 9.12. The Morgan fingerprint density at radius 1 is 0.857 bits per heavy atom. The number of benzene rings is 3. The number of carbonyl (C=O) groups is 1. The molecule has 0 fully saturated rings. The summed E-state index contributed by atoms with van der Waals surface area (Å²) in [6.07, 6.45) is 0. The van der Waals surface area contributed by atoms with Gasteiger partial charge in [0.1, 0.15) is 0 Å². The van der Waals surface area contributed by atoms with Crippen molar-refractivity contribution in [2.45, 2.75) is 6.04 Å². The molecule has 4 nitrogen and oxygen atoms in total. The molecule has 2 heterocycles. The van der Waals surface area contributed by atoms with Gasteiger partial charge >= 0.3 is 5.97 Å². The Balaban J connectivity index is 2.02. The number of rotatable bonds is 2. The van der Waals surface area contributed by atoms with E-state index in [1.54, 1.807) is 4.57 Å². The van der Waals surface area contributed by atoms with E-state index in [2.05, 4.69) is 0 Å². The van der Waals surface area contributed by atoms with E-state index in [1.807, 2.05) is 78.9 Å². The number of nitrogens with zero attached hydrogens (tertiary/aromatic N) is 1. The summed E-state index contributed by atoms with van der Waals surface area (Å²) in [6, 6.07) is 24.4. The van der Waals surface area contributed by atoms with Crippen LogP contribution in [0, 0.1) is 0 Å². The molecule has 136 valence electrons. The molecule has 0 spiro atoms. The van der Waals surface area contributed by atoms with Crippen molar-refractivity contribution < 1.29 is 9.53 Å². The number of pyridine rings is 1. The molecular weight excluding hydrogens is 350 g/mol. The molecule has 3 aromatic carbocycles. The standard InChI is InChI=1S/C24H17NO3/c1-28-24(27)22-18-13-7-6-12-17(18)21-20(15-9-3-2-4-10-15)16-11-5-8-14-19(16)23(26)25(21)22/h2-14,22H,1H3/t22-/m0/s1. The molecule has 0 bridgehead atoms. The molecule has 0 unspecified atom stereocenters. The van der Waals surface area contributed by atoms with Crippen LogP contribution < -0.4 is 5.56 Å². The Kier molecular flexibility index (Phi) is 3.66. The van der Waals surface area contributed by atoms with E-state index in [1.165, 1.54) is 7.11 Å². The summed E-state index contributed by atoms with van der Waals surface area (Å²) in [5, 5.41) is 1.47. The quantitative estimate of drug-likeness (QED) is 0.493. The number of hydrogen-bond donors (Lipinski definition) is 0. The Bertz CT molecular complexity index is 1290. The van der Waals surface area contributed by atoms with E-state index >= 15 is 0 Å². The van der Waals surface area contributed by atoms with Crippen molar-refractivity contribution in [2.75, 3.05) is 7.11 Å². The number of aromatic nitrogens is 1. The zero-order valence-corrected chi connectivity index (χ0v) is 15.3. The van der Waals surface area contributed by atoms with Crippen LogP contribution in [-0.2, 0) is 9.53 Å². The fourth-order valence-electron chi connectivity index (χ4n) is 4.21. The molecule has 1 atom stereocenters. The molecule has 0 N–H and O–H groups in total. The van der Waals surface area contributed by atoms with Crippen LogP contribution in [0.1, 0.15) is 11.6 Å². The van der Waals surface area contributed by atoms with Gasteiger partial charge in [-0.3, -0.25) is 9.36 Å². The number of ether oxygens (including phenoxy) is 1. The predicted molar refractivity (Wildman–Crippen MR) is 109 cm³/mol. The smallest absolute Gasteiger partial charge is 0.333 e. The van der Waals surface area contributed by atoms with Gasteiger partial charge in [0.05, 0.1) is 12.8 Å². The molecule has 0 saturated heterocycles. The van der Waals surface area contributed by atoms with Crippen LogP contribution in [0.2, 0.25) is 0 Å². The molecule has 28 heavy (non-hydrogen) atoms. The second-order valence-corrected chi connectivity index (χ2v) is 6.82. The molecular formula is C24H17NO3. The van der Waals surface area contributed by atoms with Gasteiger partial charge in [-0.05, 0) is 22.6 Å². The van der Waals surface area contributed by atoms with Gasteiger partial charge in [-0.25, -0.2) is 4.79 Å². The van der Waals surface area contributed by atoms with E-state index in [-0.39, 0.29) is 5.56 Å². The molecule has 0 aliphatic carbocycles. The van der Waals surface area contributed by atoms with Crippen molar-refractivity contribution in [3.8, 4) is 22.4 Å². The molecule has 4 aromatic rings. The second kappa shape index (κ2) is 6.20. The number of esters is 1. The summed E-state index contributed by atoms with van der Waals surface area (Å²) in [5.41, 5.74) is 4.22. The van der Waals surface area contributed by atoms with Gasteiger partial charge < -0.3 is 4.74 Å². The van der Waals surface area contributed by atoms with Crippen LogP contribution in [0.25, 0.3) is 33.2 Å². The maximum Gasteiger partial charge on any atom is 0.333 e. The van der Waals surface area contributed by atoms with Crippen LogP contribution in [0.15, 0.2) is 83.7 Å². The van der Waals surface area contributed by atoms with E-state index in [0.717, 1.165) is 33.3 Å². The lowest BCUT2D eigenvalue weighted by molar-refractivity contribution is -0.143. The molecule has 4 heteroatoms. The monoisotopic (exact) mass is 367 g/mol. The summed E-state index contributed by atoms with van der Waals surface area (Å²) in [7, 11) is 1.35. The number of carbonyl (C=O) groups excluding carboxylic acids is 1. The molecule has 1 aromatic heterocycles. The van der Waals surface area contributed by atoms with Crippen LogP contribution in [-0.4, -0.2) is 17.6 Å². The minimum absolute atomic E-state index is 0.183. The topological polar surface area (TPSA) is 48.3 Å². The van der Waals surface area contributed by atoms with Crippen molar-refractivity contribution in [3.05, 3.63) is 94.8 Å². The number of methoxy groups -OCH3 is 1. The summed E-state index contributed by atoms with van der Waals surface area (Å²) in [6.45, 7) is 0. The van der Waals surface area contributed by atoms with Crippen LogP contribution in [0.3, 0.4) is 0 Å². The predicted octanol–water partition coefficient (Wildman–Crippen LogP) is 4.41. The first-order chi connectivity index (χ1) is 13.7. The average molecular weight is 367 g/mol. The highest BCUT2D eigenvalue weighted by molar-refractivity contribution is 6.05. The largest absolute Gasteiger partial charge is 0.467 e. The minimum Gasteiger partial charge on any atom is -0.467 e. The summed E-state index contributed by atoms with van der Waals surface area (Å²) in [4.78, 5) is 26.2.